The highest BCUT2D eigenvalue weighted by Crippen LogP contribution is 2.25. The molecule has 1 saturated carbocycles. The molecule has 6 heteroatoms. The molecule has 0 saturated heterocycles. The molecular formula is C19H27FN4O. The van der Waals surface area contributed by atoms with Crippen LogP contribution < -0.4 is 5.32 Å². The Morgan fingerprint density at radius 2 is 2.08 bits per heavy atom. The van der Waals surface area contributed by atoms with Crippen LogP contribution in [0.4, 0.5) is 10.3 Å². The zero-order valence-electron chi connectivity index (χ0n) is 15.2. The molecule has 0 spiro atoms. The first-order valence-electron chi connectivity index (χ1n) is 8.72. The lowest BCUT2D eigenvalue weighted by molar-refractivity contribution is 0.119. The Bertz CT molecular complexity index is 670. The van der Waals surface area contributed by atoms with Gasteiger partial charge in [-0.05, 0) is 46.4 Å². The average molecular weight is 346 g/mol. The quantitative estimate of drug-likeness (QED) is 0.600. The summed E-state index contributed by atoms with van der Waals surface area (Å²) in [6, 6.07) is 0.332. The summed E-state index contributed by atoms with van der Waals surface area (Å²) in [6.45, 7) is 8.47. The number of hydrogen-bond acceptors (Lipinski definition) is 5. The Morgan fingerprint density at radius 3 is 2.64 bits per heavy atom. The Labute approximate surface area is 148 Å². The molecule has 5 nitrogen and oxygen atoms in total. The number of allylic oxidation sites excluding steroid dienone is 3. The third-order valence-corrected chi connectivity index (χ3v) is 4.36. The SMILES string of the molecule is C=N/C(=C\C(=C/C)c1nc(NC2CCCCC2)ncc1F)C(C)(C)O. The van der Waals surface area contributed by atoms with Crippen molar-refractivity contribution in [2.75, 3.05) is 5.32 Å². The highest BCUT2D eigenvalue weighted by molar-refractivity contribution is 5.73. The van der Waals surface area contributed by atoms with E-state index in [1.54, 1.807) is 32.9 Å². The van der Waals surface area contributed by atoms with E-state index in [1.165, 1.54) is 25.5 Å². The Kier molecular flexibility index (Phi) is 6.42. The van der Waals surface area contributed by atoms with Crippen LogP contribution in [-0.2, 0) is 0 Å². The largest absolute Gasteiger partial charge is 0.384 e. The zero-order valence-corrected chi connectivity index (χ0v) is 15.2. The molecule has 2 N–H and O–H groups in total. The minimum Gasteiger partial charge on any atom is -0.384 e. The van der Waals surface area contributed by atoms with Gasteiger partial charge in [-0.2, -0.15) is 0 Å². The first-order valence-corrected chi connectivity index (χ1v) is 8.72. The van der Waals surface area contributed by atoms with Crippen LogP contribution in [0.15, 0.2) is 29.0 Å². The fourth-order valence-corrected chi connectivity index (χ4v) is 2.92. The monoisotopic (exact) mass is 346 g/mol. The maximum atomic E-state index is 14.3. The summed E-state index contributed by atoms with van der Waals surface area (Å²) >= 11 is 0. The molecule has 1 aliphatic rings. The smallest absolute Gasteiger partial charge is 0.223 e. The number of aliphatic hydroxyl groups is 1. The van der Waals surface area contributed by atoms with Gasteiger partial charge in [0.15, 0.2) is 5.82 Å². The lowest BCUT2D eigenvalue weighted by atomic mass is 9.96. The fourth-order valence-electron chi connectivity index (χ4n) is 2.92. The van der Waals surface area contributed by atoms with Crippen LogP contribution in [0.1, 0.15) is 58.6 Å². The van der Waals surface area contributed by atoms with E-state index in [1.807, 2.05) is 0 Å². The minimum absolute atomic E-state index is 0.182. The molecule has 0 aromatic carbocycles. The number of halogens is 1. The number of rotatable bonds is 6. The summed E-state index contributed by atoms with van der Waals surface area (Å²) < 4.78 is 14.3. The van der Waals surface area contributed by atoms with Crippen LogP contribution in [0, 0.1) is 5.82 Å². The molecule has 0 aliphatic heterocycles. The second kappa shape index (κ2) is 8.34. The lowest BCUT2D eigenvalue weighted by Crippen LogP contribution is -2.24. The standard InChI is InChI=1S/C19H27FN4O/c1-5-13(11-16(21-4)19(2,3)25)17-15(20)12-22-18(24-17)23-14-9-7-6-8-10-14/h5,11-12,14,25H,4,6-10H2,1-3H3,(H,22,23,24)/b13-5+,16-11-. The van der Waals surface area contributed by atoms with E-state index >= 15 is 0 Å². The van der Waals surface area contributed by atoms with Gasteiger partial charge < -0.3 is 10.4 Å². The van der Waals surface area contributed by atoms with Gasteiger partial charge in [-0.3, -0.25) is 4.99 Å². The molecule has 1 aliphatic carbocycles. The van der Waals surface area contributed by atoms with Gasteiger partial charge in [0.2, 0.25) is 5.95 Å². The van der Waals surface area contributed by atoms with E-state index in [-0.39, 0.29) is 5.69 Å². The van der Waals surface area contributed by atoms with Gasteiger partial charge in [-0.15, -0.1) is 0 Å². The van der Waals surface area contributed by atoms with Crippen molar-refractivity contribution in [3.05, 3.63) is 35.6 Å². The Hall–Kier alpha value is -2.08. The third-order valence-electron chi connectivity index (χ3n) is 4.36. The predicted molar refractivity (Wildman–Crippen MR) is 100 cm³/mol. The van der Waals surface area contributed by atoms with Crippen molar-refractivity contribution < 1.29 is 9.50 Å². The highest BCUT2D eigenvalue weighted by atomic mass is 19.1. The molecule has 0 bridgehead atoms. The van der Waals surface area contributed by atoms with E-state index in [9.17, 15) is 9.50 Å². The summed E-state index contributed by atoms with van der Waals surface area (Å²) in [5.74, 6) is -0.0925. The number of nitrogens with one attached hydrogen (secondary N) is 1. The number of hydrogen-bond donors (Lipinski definition) is 2. The van der Waals surface area contributed by atoms with Crippen molar-refractivity contribution in [2.24, 2.45) is 4.99 Å². The number of nitrogens with zero attached hydrogens (tertiary/aromatic N) is 3. The molecule has 1 aromatic heterocycles. The van der Waals surface area contributed by atoms with Crippen molar-refractivity contribution in [3.63, 3.8) is 0 Å². The zero-order chi connectivity index (χ0) is 18.4. The van der Waals surface area contributed by atoms with Crippen LogP contribution in [-0.4, -0.2) is 33.4 Å². The van der Waals surface area contributed by atoms with Crippen LogP contribution >= 0.6 is 0 Å². The second-order valence-electron chi connectivity index (χ2n) is 6.86. The second-order valence-corrected chi connectivity index (χ2v) is 6.86. The van der Waals surface area contributed by atoms with E-state index in [0.29, 0.717) is 23.3 Å². The van der Waals surface area contributed by atoms with Crippen molar-refractivity contribution in [3.8, 4) is 0 Å². The third kappa shape index (κ3) is 5.19. The van der Waals surface area contributed by atoms with Gasteiger partial charge >= 0.3 is 0 Å². The topological polar surface area (TPSA) is 70.4 Å². The highest BCUT2D eigenvalue weighted by Gasteiger charge is 2.21. The van der Waals surface area contributed by atoms with E-state index in [4.69, 9.17) is 0 Å². The lowest BCUT2D eigenvalue weighted by Gasteiger charge is -2.23. The van der Waals surface area contributed by atoms with Crippen molar-refractivity contribution >= 4 is 18.2 Å². The summed E-state index contributed by atoms with van der Waals surface area (Å²) in [5.41, 5.74) is -0.124. The fraction of sp³-hybridized carbons (Fsp3) is 0.526. The molecule has 0 amide bonds. The maximum Gasteiger partial charge on any atom is 0.223 e. The summed E-state index contributed by atoms with van der Waals surface area (Å²) in [7, 11) is 0. The van der Waals surface area contributed by atoms with E-state index < -0.39 is 11.4 Å². The van der Waals surface area contributed by atoms with Gasteiger partial charge in [0, 0.05) is 11.6 Å². The molecule has 0 radical (unpaired) electrons. The van der Waals surface area contributed by atoms with Gasteiger partial charge in [-0.25, -0.2) is 14.4 Å². The minimum atomic E-state index is -1.18. The van der Waals surface area contributed by atoms with Crippen LogP contribution in [0.2, 0.25) is 0 Å². The molecule has 1 heterocycles. The van der Waals surface area contributed by atoms with Crippen molar-refractivity contribution in [1.82, 2.24) is 9.97 Å². The first kappa shape index (κ1) is 19.2. The molecule has 2 rings (SSSR count). The van der Waals surface area contributed by atoms with Gasteiger partial charge in [0.1, 0.15) is 11.3 Å². The van der Waals surface area contributed by atoms with Crippen LogP contribution in [0.5, 0.6) is 0 Å². The summed E-state index contributed by atoms with van der Waals surface area (Å²) in [4.78, 5) is 12.3. The molecular weight excluding hydrogens is 319 g/mol. The Balaban J connectivity index is 2.31. The predicted octanol–water partition coefficient (Wildman–Crippen LogP) is 4.12. The summed E-state index contributed by atoms with van der Waals surface area (Å²) in [5, 5.41) is 13.4. The molecule has 0 unspecified atom stereocenters. The molecule has 0 atom stereocenters. The molecule has 25 heavy (non-hydrogen) atoms. The number of aliphatic imine (C=N–C) groups is 1. The van der Waals surface area contributed by atoms with Gasteiger partial charge in [0.05, 0.1) is 11.9 Å². The van der Waals surface area contributed by atoms with Crippen molar-refractivity contribution in [2.45, 2.75) is 64.5 Å². The number of anilines is 1. The Morgan fingerprint density at radius 1 is 1.40 bits per heavy atom. The maximum absolute atomic E-state index is 14.3. The van der Waals surface area contributed by atoms with E-state index in [0.717, 1.165) is 12.8 Å². The molecule has 1 fully saturated rings. The average Bonchev–Trinajstić information content (AvgIpc) is 2.58. The normalized spacial score (nSPS) is 17.5. The first-order chi connectivity index (χ1) is 11.8. The molecule has 136 valence electrons. The van der Waals surface area contributed by atoms with Gasteiger partial charge in [0.25, 0.3) is 0 Å². The van der Waals surface area contributed by atoms with Gasteiger partial charge in [-0.1, -0.05) is 25.3 Å². The van der Waals surface area contributed by atoms with E-state index in [2.05, 4.69) is 27.0 Å². The molecule has 1 aromatic rings. The summed E-state index contributed by atoms with van der Waals surface area (Å²) in [6.07, 6.45) is 10.3. The number of aromatic nitrogens is 2. The van der Waals surface area contributed by atoms with Crippen LogP contribution in [0.3, 0.4) is 0 Å². The van der Waals surface area contributed by atoms with Crippen LogP contribution in [0.25, 0.3) is 5.57 Å². The van der Waals surface area contributed by atoms with Crippen molar-refractivity contribution in [1.29, 1.82) is 0 Å².